The zero-order valence-electron chi connectivity index (χ0n) is 7.43. The SMILES string of the molecule is CCCC1CCN1C(C)C. The van der Waals surface area contributed by atoms with Crippen molar-refractivity contribution < 1.29 is 0 Å². The molecule has 0 spiro atoms. The van der Waals surface area contributed by atoms with E-state index in [0.717, 1.165) is 12.1 Å². The van der Waals surface area contributed by atoms with Gasteiger partial charge in [-0.1, -0.05) is 13.3 Å². The van der Waals surface area contributed by atoms with Crippen molar-refractivity contribution in [1.29, 1.82) is 0 Å². The summed E-state index contributed by atoms with van der Waals surface area (Å²) in [5.74, 6) is 0. The molecule has 0 aromatic carbocycles. The van der Waals surface area contributed by atoms with Gasteiger partial charge < -0.3 is 0 Å². The van der Waals surface area contributed by atoms with E-state index < -0.39 is 0 Å². The molecule has 0 N–H and O–H groups in total. The highest BCUT2D eigenvalue weighted by Gasteiger charge is 2.28. The normalized spacial score (nSPS) is 27.0. The van der Waals surface area contributed by atoms with Crippen molar-refractivity contribution in [1.82, 2.24) is 4.90 Å². The van der Waals surface area contributed by atoms with Crippen molar-refractivity contribution in [2.45, 2.75) is 52.1 Å². The molecule has 10 heavy (non-hydrogen) atoms. The zero-order chi connectivity index (χ0) is 7.56. The number of likely N-dealkylation sites (tertiary alicyclic amines) is 1. The lowest BCUT2D eigenvalue weighted by molar-refractivity contribution is 0.0505. The Labute approximate surface area is 64.4 Å². The Balaban J connectivity index is 2.22. The topological polar surface area (TPSA) is 3.24 Å². The fourth-order valence-corrected chi connectivity index (χ4v) is 1.78. The van der Waals surface area contributed by atoms with Crippen LogP contribution in [0.5, 0.6) is 0 Å². The van der Waals surface area contributed by atoms with Crippen LogP contribution in [0.15, 0.2) is 0 Å². The molecule has 1 nitrogen and oxygen atoms in total. The highest BCUT2D eigenvalue weighted by molar-refractivity contribution is 4.84. The summed E-state index contributed by atoms with van der Waals surface area (Å²) in [5, 5.41) is 0. The standard InChI is InChI=1S/C9H19N/c1-4-5-9-6-7-10(9)8(2)3/h8-9H,4-7H2,1-3H3. The molecule has 1 aliphatic rings. The molecule has 0 bridgehead atoms. The second-order valence-electron chi connectivity index (χ2n) is 3.56. The van der Waals surface area contributed by atoms with Crippen LogP contribution in [0.25, 0.3) is 0 Å². The molecule has 1 aliphatic heterocycles. The van der Waals surface area contributed by atoms with Crippen molar-refractivity contribution in [3.8, 4) is 0 Å². The first kappa shape index (κ1) is 8.06. The third kappa shape index (κ3) is 1.51. The third-order valence-corrected chi connectivity index (χ3v) is 2.47. The first-order chi connectivity index (χ1) is 4.75. The Morgan fingerprint density at radius 2 is 2.20 bits per heavy atom. The van der Waals surface area contributed by atoms with E-state index in [1.165, 1.54) is 25.8 Å². The summed E-state index contributed by atoms with van der Waals surface area (Å²) in [6, 6.07) is 1.69. The Morgan fingerprint density at radius 1 is 1.50 bits per heavy atom. The summed E-state index contributed by atoms with van der Waals surface area (Å²) in [6.07, 6.45) is 4.18. The molecule has 1 saturated heterocycles. The summed E-state index contributed by atoms with van der Waals surface area (Å²) in [7, 11) is 0. The smallest absolute Gasteiger partial charge is 0.0110 e. The van der Waals surface area contributed by atoms with Crippen LogP contribution in [0.3, 0.4) is 0 Å². The second-order valence-corrected chi connectivity index (χ2v) is 3.56. The monoisotopic (exact) mass is 141 g/mol. The van der Waals surface area contributed by atoms with Gasteiger partial charge in [-0.05, 0) is 26.7 Å². The minimum atomic E-state index is 0.769. The van der Waals surface area contributed by atoms with Gasteiger partial charge in [-0.3, -0.25) is 4.90 Å². The molecule has 1 heteroatoms. The highest BCUT2D eigenvalue weighted by atomic mass is 15.2. The number of hydrogen-bond acceptors (Lipinski definition) is 1. The van der Waals surface area contributed by atoms with Gasteiger partial charge in [-0.25, -0.2) is 0 Å². The van der Waals surface area contributed by atoms with E-state index >= 15 is 0 Å². The molecule has 1 unspecified atom stereocenters. The molecule has 0 radical (unpaired) electrons. The summed E-state index contributed by atoms with van der Waals surface area (Å²) in [4.78, 5) is 2.60. The summed E-state index contributed by atoms with van der Waals surface area (Å²) < 4.78 is 0. The van der Waals surface area contributed by atoms with E-state index in [2.05, 4.69) is 25.7 Å². The molecule has 0 amide bonds. The molecule has 0 saturated carbocycles. The average Bonchev–Trinajstić information content (AvgIpc) is 1.78. The fourth-order valence-electron chi connectivity index (χ4n) is 1.78. The van der Waals surface area contributed by atoms with Gasteiger partial charge >= 0.3 is 0 Å². The van der Waals surface area contributed by atoms with Crippen LogP contribution >= 0.6 is 0 Å². The van der Waals surface area contributed by atoms with Gasteiger partial charge in [-0.15, -0.1) is 0 Å². The highest BCUT2D eigenvalue weighted by Crippen LogP contribution is 2.23. The van der Waals surface area contributed by atoms with Crippen LogP contribution in [0.2, 0.25) is 0 Å². The first-order valence-corrected chi connectivity index (χ1v) is 4.51. The van der Waals surface area contributed by atoms with Gasteiger partial charge in [0.15, 0.2) is 0 Å². The summed E-state index contributed by atoms with van der Waals surface area (Å²) >= 11 is 0. The van der Waals surface area contributed by atoms with Gasteiger partial charge in [0.05, 0.1) is 0 Å². The average molecular weight is 141 g/mol. The van der Waals surface area contributed by atoms with Crippen molar-refractivity contribution in [3.05, 3.63) is 0 Å². The maximum absolute atomic E-state index is 2.60. The molecule has 0 aliphatic carbocycles. The van der Waals surface area contributed by atoms with Crippen LogP contribution in [-0.2, 0) is 0 Å². The first-order valence-electron chi connectivity index (χ1n) is 4.51. The van der Waals surface area contributed by atoms with Gasteiger partial charge in [0, 0.05) is 18.6 Å². The molecule has 0 aromatic heterocycles. The molecule has 1 atom stereocenters. The van der Waals surface area contributed by atoms with E-state index in [-0.39, 0.29) is 0 Å². The lowest BCUT2D eigenvalue weighted by atomic mass is 9.96. The van der Waals surface area contributed by atoms with Crippen LogP contribution < -0.4 is 0 Å². The molecule has 1 heterocycles. The van der Waals surface area contributed by atoms with Crippen molar-refractivity contribution in [2.75, 3.05) is 6.54 Å². The van der Waals surface area contributed by atoms with Crippen LogP contribution in [0.1, 0.15) is 40.0 Å². The van der Waals surface area contributed by atoms with E-state index in [4.69, 9.17) is 0 Å². The molecular weight excluding hydrogens is 122 g/mol. The van der Waals surface area contributed by atoms with E-state index in [1.807, 2.05) is 0 Å². The van der Waals surface area contributed by atoms with E-state index in [9.17, 15) is 0 Å². The minimum Gasteiger partial charge on any atom is -0.298 e. The van der Waals surface area contributed by atoms with Crippen LogP contribution in [0, 0.1) is 0 Å². The van der Waals surface area contributed by atoms with Gasteiger partial charge in [0.1, 0.15) is 0 Å². The van der Waals surface area contributed by atoms with Gasteiger partial charge in [0.25, 0.3) is 0 Å². The lowest BCUT2D eigenvalue weighted by Gasteiger charge is -2.44. The molecule has 1 rings (SSSR count). The molecule has 60 valence electrons. The molecule has 0 aromatic rings. The largest absolute Gasteiger partial charge is 0.298 e. The predicted molar refractivity (Wildman–Crippen MR) is 45.2 cm³/mol. The van der Waals surface area contributed by atoms with E-state index in [1.54, 1.807) is 0 Å². The number of rotatable bonds is 3. The minimum absolute atomic E-state index is 0.769. The molecule has 1 fully saturated rings. The number of nitrogens with zero attached hydrogens (tertiary/aromatic N) is 1. The zero-order valence-corrected chi connectivity index (χ0v) is 7.43. The lowest BCUT2D eigenvalue weighted by Crippen LogP contribution is -2.51. The summed E-state index contributed by atoms with van der Waals surface area (Å²) in [6.45, 7) is 8.20. The van der Waals surface area contributed by atoms with Gasteiger partial charge in [-0.2, -0.15) is 0 Å². The Morgan fingerprint density at radius 3 is 2.50 bits per heavy atom. The second kappa shape index (κ2) is 3.38. The van der Waals surface area contributed by atoms with Crippen LogP contribution in [0.4, 0.5) is 0 Å². The van der Waals surface area contributed by atoms with Crippen LogP contribution in [-0.4, -0.2) is 23.5 Å². The van der Waals surface area contributed by atoms with Crippen molar-refractivity contribution >= 4 is 0 Å². The van der Waals surface area contributed by atoms with Crippen molar-refractivity contribution in [2.24, 2.45) is 0 Å². The fraction of sp³-hybridized carbons (Fsp3) is 1.00. The summed E-state index contributed by atoms with van der Waals surface area (Å²) in [5.41, 5.74) is 0. The predicted octanol–water partition coefficient (Wildman–Crippen LogP) is 2.27. The maximum Gasteiger partial charge on any atom is 0.0110 e. The van der Waals surface area contributed by atoms with Gasteiger partial charge in [0.2, 0.25) is 0 Å². The van der Waals surface area contributed by atoms with Crippen molar-refractivity contribution in [3.63, 3.8) is 0 Å². The number of hydrogen-bond donors (Lipinski definition) is 0. The Bertz CT molecular complexity index is 98.9. The Hall–Kier alpha value is -0.0400. The Kier molecular flexibility index (Phi) is 2.72. The molecular formula is C9H19N. The third-order valence-electron chi connectivity index (χ3n) is 2.47. The quantitative estimate of drug-likeness (QED) is 0.583. The maximum atomic E-state index is 2.60. The van der Waals surface area contributed by atoms with E-state index in [0.29, 0.717) is 0 Å².